The van der Waals surface area contributed by atoms with Crippen LogP contribution in [0.15, 0.2) is 0 Å². The fourth-order valence-electron chi connectivity index (χ4n) is 0.337. The Morgan fingerprint density at radius 1 is 1.56 bits per heavy atom. The molecule has 0 aromatic heterocycles. The first-order chi connectivity index (χ1) is 3.77. The first-order valence-corrected chi connectivity index (χ1v) is 4.36. The zero-order valence-corrected chi connectivity index (χ0v) is 9.25. The molecule has 0 aromatic rings. The number of hydrogen-bond donors (Lipinski definition) is 2. The van der Waals surface area contributed by atoms with Crippen LogP contribution in [0.4, 0.5) is 0 Å². The van der Waals surface area contributed by atoms with Gasteiger partial charge in [0, 0.05) is 5.75 Å². The van der Waals surface area contributed by atoms with E-state index < -0.39 is 11.1 Å². The summed E-state index contributed by atoms with van der Waals surface area (Å²) in [5.41, 5.74) is 0. The van der Waals surface area contributed by atoms with Crippen molar-refractivity contribution in [2.45, 2.75) is 12.8 Å². The summed E-state index contributed by atoms with van der Waals surface area (Å²) >= 11 is 2.34. The number of hydrogen-bond acceptors (Lipinski definition) is 2. The van der Waals surface area contributed by atoms with Crippen molar-refractivity contribution in [3.63, 3.8) is 0 Å². The molecule has 0 spiro atoms. The predicted molar refractivity (Wildman–Crippen MR) is 39.8 cm³/mol. The Morgan fingerprint density at radius 3 is 2.44 bits per heavy atom. The number of thiol groups is 1. The normalized spacial score (nSPS) is 12.2. The monoisotopic (exact) mass is 178 g/mol. The molecule has 1 unspecified atom stereocenters. The van der Waals surface area contributed by atoms with Gasteiger partial charge in [-0.3, -0.25) is 0 Å². The van der Waals surface area contributed by atoms with E-state index >= 15 is 0 Å². The van der Waals surface area contributed by atoms with E-state index in [-0.39, 0.29) is 31.0 Å². The Balaban J connectivity index is -0.000000245. The molecule has 52 valence electrons. The van der Waals surface area contributed by atoms with E-state index in [4.69, 9.17) is 4.55 Å². The van der Waals surface area contributed by atoms with Crippen molar-refractivity contribution in [3.8, 4) is 0 Å². The average Bonchev–Trinajstić information content (AvgIpc) is 1.66. The molecule has 0 saturated carbocycles. The van der Waals surface area contributed by atoms with Gasteiger partial charge in [0.1, 0.15) is 0 Å². The molecular formula is C4H11NaO2S2. The van der Waals surface area contributed by atoms with Crippen LogP contribution in [0.2, 0.25) is 0 Å². The Morgan fingerprint density at radius 2 is 2.11 bits per heavy atom. The van der Waals surface area contributed by atoms with Crippen molar-refractivity contribution in [2.24, 2.45) is 0 Å². The van der Waals surface area contributed by atoms with Gasteiger partial charge in [0.15, 0.2) is 11.1 Å². The van der Waals surface area contributed by atoms with Gasteiger partial charge in [0.05, 0.1) is 0 Å². The second kappa shape index (κ2) is 9.46. The van der Waals surface area contributed by atoms with Gasteiger partial charge >= 0.3 is 29.6 Å². The molecule has 0 bridgehead atoms. The van der Waals surface area contributed by atoms with E-state index in [0.29, 0.717) is 5.75 Å². The van der Waals surface area contributed by atoms with Gasteiger partial charge in [-0.15, -0.1) is 0 Å². The third kappa shape index (κ3) is 12.6. The van der Waals surface area contributed by atoms with Gasteiger partial charge in [-0.05, 0) is 18.6 Å². The Labute approximate surface area is 87.3 Å². The predicted octanol–water partition coefficient (Wildman–Crippen LogP) is -1.97. The fraction of sp³-hybridized carbons (Fsp3) is 1.00. The van der Waals surface area contributed by atoms with E-state index in [1.807, 2.05) is 0 Å². The minimum Gasteiger partial charge on any atom is -1.00 e. The molecule has 0 aromatic carbocycles. The van der Waals surface area contributed by atoms with Crippen LogP contribution in [-0.2, 0) is 11.1 Å². The van der Waals surface area contributed by atoms with Gasteiger partial charge < -0.3 is 5.98 Å². The van der Waals surface area contributed by atoms with Gasteiger partial charge in [-0.2, -0.15) is 12.6 Å². The molecule has 0 saturated heterocycles. The van der Waals surface area contributed by atoms with Crippen molar-refractivity contribution >= 4 is 23.7 Å². The van der Waals surface area contributed by atoms with E-state index in [1.165, 1.54) is 0 Å². The van der Waals surface area contributed by atoms with Crippen LogP contribution in [0.3, 0.4) is 0 Å². The van der Waals surface area contributed by atoms with Crippen LogP contribution in [0.5, 0.6) is 0 Å². The molecule has 1 N–H and O–H groups in total. The molecule has 5 heteroatoms. The molecular weight excluding hydrogens is 167 g/mol. The van der Waals surface area contributed by atoms with E-state index in [9.17, 15) is 4.21 Å². The van der Waals surface area contributed by atoms with Crippen molar-refractivity contribution in [3.05, 3.63) is 0 Å². The van der Waals surface area contributed by atoms with Crippen LogP contribution >= 0.6 is 12.6 Å². The third-order valence-electron chi connectivity index (χ3n) is 0.727. The molecule has 2 nitrogen and oxygen atoms in total. The zero-order chi connectivity index (χ0) is 6.41. The molecule has 0 heterocycles. The maximum Gasteiger partial charge on any atom is 1.00 e. The molecule has 1 atom stereocenters. The smallest absolute Gasteiger partial charge is 1.00 e. The summed E-state index contributed by atoms with van der Waals surface area (Å²) < 4.78 is 18.2. The van der Waals surface area contributed by atoms with Gasteiger partial charge in [0.25, 0.3) is 0 Å². The van der Waals surface area contributed by atoms with Crippen molar-refractivity contribution < 1.29 is 39.7 Å². The van der Waals surface area contributed by atoms with Crippen molar-refractivity contribution in [1.82, 2.24) is 0 Å². The first-order valence-electron chi connectivity index (χ1n) is 2.45. The summed E-state index contributed by atoms with van der Waals surface area (Å²) in [5.74, 6) is 1.19. The zero-order valence-electron chi connectivity index (χ0n) is 6.54. The molecule has 0 fully saturated rings. The second-order valence-electron chi connectivity index (χ2n) is 1.46. The van der Waals surface area contributed by atoms with E-state index in [0.717, 1.165) is 18.6 Å². The largest absolute Gasteiger partial charge is 1.00 e. The van der Waals surface area contributed by atoms with Crippen molar-refractivity contribution in [2.75, 3.05) is 11.5 Å². The van der Waals surface area contributed by atoms with E-state index in [1.54, 1.807) is 0 Å². The van der Waals surface area contributed by atoms with Crippen LogP contribution in [0.1, 0.15) is 14.3 Å². The van der Waals surface area contributed by atoms with Crippen LogP contribution in [0, 0.1) is 0 Å². The molecule has 0 aliphatic rings. The molecule has 0 aliphatic carbocycles. The Kier molecular flexibility index (Phi) is 13.7. The summed E-state index contributed by atoms with van der Waals surface area (Å²) in [5, 5.41) is 0. The maximum absolute atomic E-state index is 9.96. The molecule has 0 aliphatic heterocycles. The van der Waals surface area contributed by atoms with Crippen LogP contribution < -0.4 is 29.6 Å². The fourth-order valence-corrected chi connectivity index (χ4v) is 1.01. The van der Waals surface area contributed by atoms with Gasteiger partial charge in [-0.25, -0.2) is 4.21 Å². The van der Waals surface area contributed by atoms with E-state index in [2.05, 4.69) is 12.6 Å². The van der Waals surface area contributed by atoms with Gasteiger partial charge in [0.2, 0.25) is 0 Å². The van der Waals surface area contributed by atoms with Crippen LogP contribution in [-0.4, -0.2) is 20.3 Å². The van der Waals surface area contributed by atoms with Gasteiger partial charge in [-0.1, -0.05) is 0 Å². The standard InChI is InChI=1S/C4H10O2S2.Na.H/c5-8(6)4-2-1-3-7;;/h7H,1-4H2,(H,5,6);;/q;+1;-1. The summed E-state index contributed by atoms with van der Waals surface area (Å²) in [4.78, 5) is 0. The molecule has 0 rings (SSSR count). The maximum atomic E-state index is 9.96. The molecule has 9 heavy (non-hydrogen) atoms. The van der Waals surface area contributed by atoms with Crippen molar-refractivity contribution in [1.29, 1.82) is 0 Å². The van der Waals surface area contributed by atoms with Crippen LogP contribution in [0.25, 0.3) is 0 Å². The summed E-state index contributed by atoms with van der Waals surface area (Å²) in [7, 11) is 0. The number of rotatable bonds is 4. The Hall–Kier alpha value is 1.46. The quantitative estimate of drug-likeness (QED) is 0.227. The SMILES string of the molecule is O=S(O)CCCCS.[H-].[Na+]. The summed E-state index contributed by atoms with van der Waals surface area (Å²) in [6.45, 7) is 0. The third-order valence-corrected chi connectivity index (χ3v) is 1.68. The minimum absolute atomic E-state index is 0. The molecule has 0 amide bonds. The first kappa shape index (κ1) is 13.1. The minimum atomic E-state index is -1.60. The number of unbranched alkanes of at least 4 members (excludes halogenated alkanes) is 1. The second-order valence-corrected chi connectivity index (χ2v) is 2.95. The topological polar surface area (TPSA) is 37.3 Å². The average molecular weight is 178 g/mol. The Bertz CT molecular complexity index is 83.7. The summed E-state index contributed by atoms with van der Waals surface area (Å²) in [6.07, 6.45) is 1.72. The molecule has 0 radical (unpaired) electrons. The summed E-state index contributed by atoms with van der Waals surface area (Å²) in [6, 6.07) is 0.